The molecule has 0 aliphatic heterocycles. The van der Waals surface area contributed by atoms with Gasteiger partial charge in [0, 0.05) is 0 Å². The third-order valence-corrected chi connectivity index (χ3v) is 1.93. The van der Waals surface area contributed by atoms with Crippen LogP contribution < -0.4 is 10.5 Å². The summed E-state index contributed by atoms with van der Waals surface area (Å²) in [6.45, 7) is 5.84. The fourth-order valence-electron chi connectivity index (χ4n) is 1.24. The molecule has 4 heteroatoms. The van der Waals surface area contributed by atoms with Crippen LogP contribution in [0.4, 0.5) is 0 Å². The molecule has 88 valence electrons. The molecule has 0 saturated heterocycles. The summed E-state index contributed by atoms with van der Waals surface area (Å²) >= 11 is 0. The highest BCUT2D eigenvalue weighted by Crippen LogP contribution is 2.20. The van der Waals surface area contributed by atoms with Gasteiger partial charge in [-0.25, -0.2) is 0 Å². The van der Waals surface area contributed by atoms with Crippen LogP contribution in [-0.4, -0.2) is 16.7 Å². The number of rotatable bonds is 3. The lowest BCUT2D eigenvalue weighted by Gasteiger charge is -2.21. The molecule has 0 aromatic heterocycles. The van der Waals surface area contributed by atoms with E-state index in [1.165, 1.54) is 0 Å². The predicted molar refractivity (Wildman–Crippen MR) is 61.4 cm³/mol. The average Bonchev–Trinajstić information content (AvgIpc) is 2.15. The summed E-state index contributed by atoms with van der Waals surface area (Å²) in [6, 6.07) is 5.80. The number of hydrogen-bond donors (Lipinski definition) is 2. The van der Waals surface area contributed by atoms with Crippen molar-refractivity contribution in [2.75, 3.05) is 0 Å². The number of hydrogen-bond acceptors (Lipinski definition) is 3. The first-order valence-corrected chi connectivity index (χ1v) is 5.07. The Bertz CT molecular complexity index is 365. The molecule has 0 bridgehead atoms. The molecule has 0 fully saturated rings. The van der Waals surface area contributed by atoms with E-state index < -0.39 is 12.0 Å². The van der Waals surface area contributed by atoms with Gasteiger partial charge in [-0.3, -0.25) is 4.79 Å². The molecular formula is C12H17NO3. The number of benzene rings is 1. The van der Waals surface area contributed by atoms with E-state index in [2.05, 4.69) is 0 Å². The number of carbonyl (C=O) groups is 1. The van der Waals surface area contributed by atoms with Gasteiger partial charge in [-0.15, -0.1) is 0 Å². The summed E-state index contributed by atoms with van der Waals surface area (Å²) in [4.78, 5) is 10.7. The summed E-state index contributed by atoms with van der Waals surface area (Å²) in [7, 11) is 0. The van der Waals surface area contributed by atoms with Crippen molar-refractivity contribution in [1.82, 2.24) is 0 Å². The minimum atomic E-state index is -1.04. The van der Waals surface area contributed by atoms with Crippen LogP contribution in [0.3, 0.4) is 0 Å². The summed E-state index contributed by atoms with van der Waals surface area (Å²) in [5, 5.41) is 8.73. The first-order valence-electron chi connectivity index (χ1n) is 5.07. The average molecular weight is 223 g/mol. The van der Waals surface area contributed by atoms with Crippen LogP contribution in [0.1, 0.15) is 32.4 Å². The molecule has 1 aromatic carbocycles. The van der Waals surface area contributed by atoms with E-state index in [9.17, 15) is 4.79 Å². The summed E-state index contributed by atoms with van der Waals surface area (Å²) in [5.41, 5.74) is 5.77. The summed E-state index contributed by atoms with van der Waals surface area (Å²) < 4.78 is 5.61. The zero-order valence-corrected chi connectivity index (χ0v) is 9.73. The van der Waals surface area contributed by atoms with Crippen LogP contribution in [0, 0.1) is 0 Å². The maximum atomic E-state index is 10.7. The molecule has 0 amide bonds. The van der Waals surface area contributed by atoms with Gasteiger partial charge in [-0.05, 0) is 38.5 Å². The lowest BCUT2D eigenvalue weighted by Crippen LogP contribution is -2.23. The zero-order chi connectivity index (χ0) is 12.3. The molecule has 16 heavy (non-hydrogen) atoms. The molecule has 3 N–H and O–H groups in total. The molecule has 0 aliphatic rings. The van der Waals surface area contributed by atoms with E-state index in [0.717, 1.165) is 0 Å². The fraction of sp³-hybridized carbons (Fsp3) is 0.417. The Kier molecular flexibility index (Phi) is 3.55. The molecule has 0 saturated carbocycles. The highest BCUT2D eigenvalue weighted by atomic mass is 16.5. The second-order valence-corrected chi connectivity index (χ2v) is 4.60. The van der Waals surface area contributed by atoms with Gasteiger partial charge in [0.15, 0.2) is 0 Å². The number of carboxylic acid groups (broad SMARTS) is 1. The van der Waals surface area contributed by atoms with Gasteiger partial charge in [0.05, 0.1) is 0 Å². The largest absolute Gasteiger partial charge is 0.488 e. The van der Waals surface area contributed by atoms with E-state index in [-0.39, 0.29) is 5.60 Å². The monoisotopic (exact) mass is 223 g/mol. The van der Waals surface area contributed by atoms with E-state index in [1.54, 1.807) is 24.3 Å². The van der Waals surface area contributed by atoms with Crippen molar-refractivity contribution in [3.63, 3.8) is 0 Å². The maximum absolute atomic E-state index is 10.7. The third kappa shape index (κ3) is 3.55. The van der Waals surface area contributed by atoms with Gasteiger partial charge in [0.1, 0.15) is 17.4 Å². The minimum absolute atomic E-state index is 0.267. The Balaban J connectivity index is 2.79. The molecule has 0 spiro atoms. The molecule has 0 unspecified atom stereocenters. The standard InChI is InChI=1S/C12H17NO3/c1-12(2,3)16-9-6-4-8(5-7-9)10(13)11(14)15/h4-7,10H,13H2,1-3H3,(H,14,15)/t10-/m0/s1. The molecule has 4 nitrogen and oxygen atoms in total. The second kappa shape index (κ2) is 4.53. The Labute approximate surface area is 95.0 Å². The fourth-order valence-corrected chi connectivity index (χ4v) is 1.24. The number of aliphatic carboxylic acids is 1. The van der Waals surface area contributed by atoms with Crippen molar-refractivity contribution in [1.29, 1.82) is 0 Å². The van der Waals surface area contributed by atoms with Gasteiger partial charge in [-0.1, -0.05) is 12.1 Å². The van der Waals surface area contributed by atoms with E-state index in [0.29, 0.717) is 11.3 Å². The minimum Gasteiger partial charge on any atom is -0.488 e. The molecule has 1 rings (SSSR count). The van der Waals surface area contributed by atoms with Crippen LogP contribution in [-0.2, 0) is 4.79 Å². The Hall–Kier alpha value is -1.55. The number of nitrogens with two attached hydrogens (primary N) is 1. The quantitative estimate of drug-likeness (QED) is 0.821. The van der Waals surface area contributed by atoms with Gasteiger partial charge >= 0.3 is 5.97 Å². The first-order chi connectivity index (χ1) is 7.29. The van der Waals surface area contributed by atoms with Crippen molar-refractivity contribution in [2.24, 2.45) is 5.73 Å². The molecule has 0 heterocycles. The van der Waals surface area contributed by atoms with Crippen LogP contribution in [0.2, 0.25) is 0 Å². The number of carboxylic acids is 1. The van der Waals surface area contributed by atoms with Crippen LogP contribution in [0.15, 0.2) is 24.3 Å². The summed E-state index contributed by atoms with van der Waals surface area (Å²) in [6.07, 6.45) is 0. The van der Waals surface area contributed by atoms with Crippen molar-refractivity contribution in [3.05, 3.63) is 29.8 Å². The molecule has 0 aliphatic carbocycles. The topological polar surface area (TPSA) is 72.5 Å². The summed E-state index contributed by atoms with van der Waals surface area (Å²) in [5.74, 6) is -0.335. The zero-order valence-electron chi connectivity index (χ0n) is 9.73. The van der Waals surface area contributed by atoms with Gasteiger partial charge in [-0.2, -0.15) is 0 Å². The highest BCUT2D eigenvalue weighted by Gasteiger charge is 2.15. The van der Waals surface area contributed by atoms with Gasteiger partial charge < -0.3 is 15.6 Å². The molecular weight excluding hydrogens is 206 g/mol. The van der Waals surface area contributed by atoms with E-state index in [4.69, 9.17) is 15.6 Å². The third-order valence-electron chi connectivity index (χ3n) is 1.93. The lowest BCUT2D eigenvalue weighted by atomic mass is 10.1. The van der Waals surface area contributed by atoms with E-state index in [1.807, 2.05) is 20.8 Å². The van der Waals surface area contributed by atoms with Gasteiger partial charge in [0.25, 0.3) is 0 Å². The van der Waals surface area contributed by atoms with E-state index >= 15 is 0 Å². The van der Waals surface area contributed by atoms with Crippen molar-refractivity contribution in [3.8, 4) is 5.75 Å². The Morgan fingerprint density at radius 1 is 1.31 bits per heavy atom. The highest BCUT2D eigenvalue weighted by molar-refractivity contribution is 5.75. The Morgan fingerprint density at radius 2 is 1.81 bits per heavy atom. The van der Waals surface area contributed by atoms with Crippen molar-refractivity contribution in [2.45, 2.75) is 32.4 Å². The lowest BCUT2D eigenvalue weighted by molar-refractivity contribution is -0.138. The SMILES string of the molecule is CC(C)(C)Oc1ccc([C@H](N)C(=O)O)cc1. The molecule has 1 aromatic rings. The molecule has 1 atom stereocenters. The van der Waals surface area contributed by atoms with Crippen LogP contribution in [0.5, 0.6) is 5.75 Å². The van der Waals surface area contributed by atoms with Crippen LogP contribution in [0.25, 0.3) is 0 Å². The first kappa shape index (κ1) is 12.5. The Morgan fingerprint density at radius 3 is 2.19 bits per heavy atom. The van der Waals surface area contributed by atoms with Gasteiger partial charge in [0.2, 0.25) is 0 Å². The molecule has 0 radical (unpaired) electrons. The van der Waals surface area contributed by atoms with Crippen molar-refractivity contribution >= 4 is 5.97 Å². The second-order valence-electron chi connectivity index (χ2n) is 4.60. The van der Waals surface area contributed by atoms with Crippen LogP contribution >= 0.6 is 0 Å². The number of ether oxygens (including phenoxy) is 1. The maximum Gasteiger partial charge on any atom is 0.325 e. The predicted octanol–water partition coefficient (Wildman–Crippen LogP) is 1.95. The normalized spacial score (nSPS) is 13.2. The smallest absolute Gasteiger partial charge is 0.325 e. The van der Waals surface area contributed by atoms with Crippen molar-refractivity contribution < 1.29 is 14.6 Å².